The standard InChI is InChI=1S/C12H15N5O/c1-8-3-4-10(11(5-8)16-13)12(18)15-9-6-14-17(2)7-9/h3-7,16H,13H2,1-2H3,(H,15,18). The third kappa shape index (κ3) is 2.49. The fourth-order valence-electron chi connectivity index (χ4n) is 1.66. The first kappa shape index (κ1) is 12.1. The van der Waals surface area contributed by atoms with Gasteiger partial charge in [-0.2, -0.15) is 5.10 Å². The number of carbonyl (C=O) groups excluding carboxylic acids is 1. The predicted molar refractivity (Wildman–Crippen MR) is 70.2 cm³/mol. The summed E-state index contributed by atoms with van der Waals surface area (Å²) in [7, 11) is 1.79. The lowest BCUT2D eigenvalue weighted by atomic mass is 10.1. The van der Waals surface area contributed by atoms with Crippen LogP contribution in [0.25, 0.3) is 0 Å². The number of rotatable bonds is 3. The molecule has 0 spiro atoms. The number of nitrogens with one attached hydrogen (secondary N) is 2. The second-order valence-corrected chi connectivity index (χ2v) is 4.05. The minimum Gasteiger partial charge on any atom is -0.323 e. The van der Waals surface area contributed by atoms with E-state index >= 15 is 0 Å². The Morgan fingerprint density at radius 1 is 1.44 bits per heavy atom. The average molecular weight is 245 g/mol. The van der Waals surface area contributed by atoms with Gasteiger partial charge < -0.3 is 10.7 Å². The van der Waals surface area contributed by atoms with Gasteiger partial charge in [0.15, 0.2) is 0 Å². The minimum atomic E-state index is -0.226. The van der Waals surface area contributed by atoms with E-state index in [2.05, 4.69) is 15.8 Å². The van der Waals surface area contributed by atoms with Crippen LogP contribution in [0.5, 0.6) is 0 Å². The lowest BCUT2D eigenvalue weighted by Crippen LogP contribution is -2.17. The maximum atomic E-state index is 12.1. The van der Waals surface area contributed by atoms with E-state index in [0.717, 1.165) is 5.56 Å². The predicted octanol–water partition coefficient (Wildman–Crippen LogP) is 1.27. The molecule has 1 aromatic heterocycles. The topological polar surface area (TPSA) is 85.0 Å². The summed E-state index contributed by atoms with van der Waals surface area (Å²) in [6.45, 7) is 1.93. The number of amides is 1. The molecule has 2 rings (SSSR count). The molecule has 0 aliphatic rings. The van der Waals surface area contributed by atoms with Crippen LogP contribution in [0.3, 0.4) is 0 Å². The second kappa shape index (κ2) is 4.89. The monoisotopic (exact) mass is 245 g/mol. The fraction of sp³-hybridized carbons (Fsp3) is 0.167. The van der Waals surface area contributed by atoms with Crippen molar-refractivity contribution in [2.75, 3.05) is 10.7 Å². The summed E-state index contributed by atoms with van der Waals surface area (Å²) < 4.78 is 1.62. The Balaban J connectivity index is 2.23. The van der Waals surface area contributed by atoms with Gasteiger partial charge in [-0.3, -0.25) is 15.3 Å². The molecule has 0 aliphatic heterocycles. The van der Waals surface area contributed by atoms with Gasteiger partial charge in [0.1, 0.15) is 0 Å². The van der Waals surface area contributed by atoms with Crippen LogP contribution in [0.15, 0.2) is 30.6 Å². The largest absolute Gasteiger partial charge is 0.323 e. The maximum Gasteiger partial charge on any atom is 0.257 e. The highest BCUT2D eigenvalue weighted by Crippen LogP contribution is 2.18. The lowest BCUT2D eigenvalue weighted by Gasteiger charge is -2.09. The quantitative estimate of drug-likeness (QED) is 0.561. The van der Waals surface area contributed by atoms with Gasteiger partial charge >= 0.3 is 0 Å². The number of anilines is 2. The van der Waals surface area contributed by atoms with Crippen molar-refractivity contribution in [2.45, 2.75) is 6.92 Å². The molecule has 0 unspecified atom stereocenters. The van der Waals surface area contributed by atoms with E-state index in [9.17, 15) is 4.79 Å². The lowest BCUT2D eigenvalue weighted by molar-refractivity contribution is 0.102. The van der Waals surface area contributed by atoms with E-state index in [1.807, 2.05) is 19.1 Å². The number of hydrazine groups is 1. The summed E-state index contributed by atoms with van der Waals surface area (Å²) in [5.41, 5.74) is 5.29. The van der Waals surface area contributed by atoms with E-state index in [0.29, 0.717) is 16.9 Å². The molecule has 2 aromatic rings. The van der Waals surface area contributed by atoms with E-state index < -0.39 is 0 Å². The third-order valence-electron chi connectivity index (χ3n) is 2.54. The third-order valence-corrected chi connectivity index (χ3v) is 2.54. The molecular weight excluding hydrogens is 230 g/mol. The van der Waals surface area contributed by atoms with Crippen molar-refractivity contribution in [1.29, 1.82) is 0 Å². The second-order valence-electron chi connectivity index (χ2n) is 4.05. The van der Waals surface area contributed by atoms with Crippen molar-refractivity contribution >= 4 is 17.3 Å². The van der Waals surface area contributed by atoms with Crippen LogP contribution in [0.2, 0.25) is 0 Å². The number of carbonyl (C=O) groups is 1. The maximum absolute atomic E-state index is 12.1. The van der Waals surface area contributed by atoms with E-state index in [1.165, 1.54) is 0 Å². The first-order chi connectivity index (χ1) is 8.60. The van der Waals surface area contributed by atoms with Crippen LogP contribution in [-0.2, 0) is 7.05 Å². The van der Waals surface area contributed by atoms with Crippen molar-refractivity contribution in [1.82, 2.24) is 9.78 Å². The molecule has 0 radical (unpaired) electrons. The summed E-state index contributed by atoms with van der Waals surface area (Å²) in [6.07, 6.45) is 3.31. The summed E-state index contributed by atoms with van der Waals surface area (Å²) in [5, 5.41) is 6.74. The molecular formula is C12H15N5O. The van der Waals surface area contributed by atoms with Gasteiger partial charge in [-0.25, -0.2) is 0 Å². The van der Waals surface area contributed by atoms with Crippen LogP contribution in [0.4, 0.5) is 11.4 Å². The Morgan fingerprint density at radius 2 is 2.22 bits per heavy atom. The highest BCUT2D eigenvalue weighted by Gasteiger charge is 2.11. The zero-order chi connectivity index (χ0) is 13.1. The molecule has 0 saturated heterocycles. The van der Waals surface area contributed by atoms with Crippen molar-refractivity contribution in [3.63, 3.8) is 0 Å². The van der Waals surface area contributed by atoms with Gasteiger partial charge in [-0.1, -0.05) is 6.07 Å². The summed E-state index contributed by atoms with van der Waals surface area (Å²) in [5.74, 6) is 5.18. The molecule has 0 fully saturated rings. The number of nitrogen functional groups attached to an aromatic ring is 1. The Labute approximate surface area is 105 Å². The molecule has 18 heavy (non-hydrogen) atoms. The SMILES string of the molecule is Cc1ccc(C(=O)Nc2cnn(C)c2)c(NN)c1. The highest BCUT2D eigenvalue weighted by molar-refractivity contribution is 6.07. The number of benzene rings is 1. The molecule has 0 atom stereocenters. The molecule has 4 N–H and O–H groups in total. The van der Waals surface area contributed by atoms with E-state index in [1.54, 1.807) is 30.2 Å². The van der Waals surface area contributed by atoms with Crippen LogP contribution in [0.1, 0.15) is 15.9 Å². The van der Waals surface area contributed by atoms with Gasteiger partial charge in [0.25, 0.3) is 5.91 Å². The average Bonchev–Trinajstić information content (AvgIpc) is 2.74. The minimum absolute atomic E-state index is 0.226. The molecule has 0 bridgehead atoms. The van der Waals surface area contributed by atoms with Gasteiger partial charge in [0.05, 0.1) is 23.1 Å². The Bertz CT molecular complexity index is 576. The molecule has 1 heterocycles. The molecule has 6 nitrogen and oxygen atoms in total. The van der Waals surface area contributed by atoms with Crippen molar-refractivity contribution in [3.05, 3.63) is 41.7 Å². The van der Waals surface area contributed by atoms with Crippen LogP contribution < -0.4 is 16.6 Å². The molecule has 94 valence electrons. The van der Waals surface area contributed by atoms with Crippen LogP contribution in [-0.4, -0.2) is 15.7 Å². The number of aryl methyl sites for hydroxylation is 2. The molecule has 0 aliphatic carbocycles. The smallest absolute Gasteiger partial charge is 0.257 e. The Morgan fingerprint density at radius 3 is 2.83 bits per heavy atom. The number of hydrogen-bond acceptors (Lipinski definition) is 4. The molecule has 1 amide bonds. The van der Waals surface area contributed by atoms with Crippen molar-refractivity contribution < 1.29 is 4.79 Å². The van der Waals surface area contributed by atoms with Crippen molar-refractivity contribution in [3.8, 4) is 0 Å². The van der Waals surface area contributed by atoms with Gasteiger partial charge in [-0.15, -0.1) is 0 Å². The number of nitrogens with two attached hydrogens (primary N) is 1. The number of aromatic nitrogens is 2. The first-order valence-electron chi connectivity index (χ1n) is 5.47. The van der Waals surface area contributed by atoms with Crippen molar-refractivity contribution in [2.24, 2.45) is 12.9 Å². The highest BCUT2D eigenvalue weighted by atomic mass is 16.1. The Hall–Kier alpha value is -2.34. The van der Waals surface area contributed by atoms with E-state index in [4.69, 9.17) is 5.84 Å². The summed E-state index contributed by atoms with van der Waals surface area (Å²) >= 11 is 0. The molecule has 0 saturated carbocycles. The summed E-state index contributed by atoms with van der Waals surface area (Å²) in [4.78, 5) is 12.1. The molecule has 6 heteroatoms. The molecule has 1 aromatic carbocycles. The van der Waals surface area contributed by atoms with Gasteiger partial charge in [0, 0.05) is 13.2 Å². The zero-order valence-electron chi connectivity index (χ0n) is 10.3. The van der Waals surface area contributed by atoms with Gasteiger partial charge in [0.2, 0.25) is 0 Å². The van der Waals surface area contributed by atoms with Crippen LogP contribution in [0, 0.1) is 6.92 Å². The van der Waals surface area contributed by atoms with E-state index in [-0.39, 0.29) is 5.91 Å². The van der Waals surface area contributed by atoms with Gasteiger partial charge in [-0.05, 0) is 24.6 Å². The number of hydrogen-bond donors (Lipinski definition) is 3. The zero-order valence-corrected chi connectivity index (χ0v) is 10.3. The number of nitrogens with zero attached hydrogens (tertiary/aromatic N) is 2. The Kier molecular flexibility index (Phi) is 3.29. The normalized spacial score (nSPS) is 10.2. The fourth-order valence-corrected chi connectivity index (χ4v) is 1.66. The summed E-state index contributed by atoms with van der Waals surface area (Å²) in [6, 6.07) is 5.41. The van der Waals surface area contributed by atoms with Crippen LogP contribution >= 0.6 is 0 Å². The first-order valence-corrected chi connectivity index (χ1v) is 5.47.